The van der Waals surface area contributed by atoms with Crippen LogP contribution in [0.15, 0.2) is 18.2 Å². The van der Waals surface area contributed by atoms with Crippen molar-refractivity contribution < 1.29 is 4.79 Å². The molecule has 1 unspecified atom stereocenters. The molecule has 1 heterocycles. The van der Waals surface area contributed by atoms with Crippen molar-refractivity contribution in [2.75, 3.05) is 11.4 Å². The maximum Gasteiger partial charge on any atom is 0.230 e. The molecule has 1 amide bonds. The molecule has 0 saturated heterocycles. The van der Waals surface area contributed by atoms with Crippen LogP contribution in [0.1, 0.15) is 83.3 Å². The van der Waals surface area contributed by atoms with Gasteiger partial charge in [-0.05, 0) is 74.0 Å². The lowest BCUT2D eigenvalue weighted by Crippen LogP contribution is -2.36. The second-order valence-corrected chi connectivity index (χ2v) is 9.66. The fourth-order valence-electron chi connectivity index (χ4n) is 5.21. The Bertz CT molecular complexity index is 646. The Morgan fingerprint density at radius 3 is 2.64 bits per heavy atom. The van der Waals surface area contributed by atoms with Crippen LogP contribution in [-0.2, 0) is 17.6 Å². The molecular formula is C25H40N2O. The fraction of sp³-hybridized carbons (Fsp3) is 0.720. The molecule has 156 valence electrons. The fourth-order valence-corrected chi connectivity index (χ4v) is 5.21. The van der Waals surface area contributed by atoms with E-state index in [-0.39, 0.29) is 12.0 Å². The third-order valence-corrected chi connectivity index (χ3v) is 6.74. The van der Waals surface area contributed by atoms with Gasteiger partial charge in [0, 0.05) is 24.2 Å². The number of carbonyl (C=O) groups excluding carboxylic acids is 1. The van der Waals surface area contributed by atoms with Gasteiger partial charge in [0.15, 0.2) is 0 Å². The molecule has 1 saturated carbocycles. The minimum Gasteiger partial charge on any atom is -0.327 e. The first-order valence-corrected chi connectivity index (χ1v) is 11.7. The van der Waals surface area contributed by atoms with Gasteiger partial charge in [-0.2, -0.15) is 0 Å². The van der Waals surface area contributed by atoms with Crippen LogP contribution in [0.2, 0.25) is 0 Å². The highest BCUT2D eigenvalue weighted by atomic mass is 16.2. The first kappa shape index (κ1) is 21.4. The quantitative estimate of drug-likeness (QED) is 0.644. The summed E-state index contributed by atoms with van der Waals surface area (Å²) in [6, 6.07) is 6.88. The highest BCUT2D eigenvalue weighted by Gasteiger charge is 2.32. The Labute approximate surface area is 172 Å². The number of benzene rings is 1. The van der Waals surface area contributed by atoms with Crippen LogP contribution < -0.4 is 10.6 Å². The lowest BCUT2D eigenvalue weighted by Gasteiger charge is -2.30. The number of nitrogens with zero attached hydrogens (tertiary/aromatic N) is 1. The van der Waals surface area contributed by atoms with Gasteiger partial charge >= 0.3 is 0 Å². The first-order chi connectivity index (χ1) is 13.5. The van der Waals surface area contributed by atoms with Crippen molar-refractivity contribution in [3.05, 3.63) is 29.3 Å². The molecule has 2 aliphatic rings. The zero-order valence-corrected chi connectivity index (χ0v) is 18.3. The van der Waals surface area contributed by atoms with Crippen molar-refractivity contribution in [1.82, 2.24) is 0 Å². The third kappa shape index (κ3) is 5.37. The Morgan fingerprint density at radius 1 is 1.21 bits per heavy atom. The second-order valence-electron chi connectivity index (χ2n) is 9.66. The van der Waals surface area contributed by atoms with E-state index in [1.165, 1.54) is 43.2 Å². The summed E-state index contributed by atoms with van der Waals surface area (Å²) in [6.45, 7) is 7.57. The standard InChI is InChI=1S/C25H40N2O/c1-4-5-6-19-7-10-21(11-8-19)25(28)27-14-13-22-16-20(9-12-24(22)27)17-23(26)15-18(2)3/h9,12,16,18-19,21,23H,4-8,10-11,13-15,17,26H2,1-3H3. The number of fused-ring (bicyclic) bond motifs is 1. The summed E-state index contributed by atoms with van der Waals surface area (Å²) >= 11 is 0. The minimum absolute atomic E-state index is 0.222. The maximum absolute atomic E-state index is 13.2. The molecule has 1 aromatic carbocycles. The molecule has 1 aliphatic heterocycles. The summed E-state index contributed by atoms with van der Waals surface area (Å²) in [5, 5.41) is 0. The number of hydrogen-bond donors (Lipinski definition) is 1. The number of carbonyl (C=O) groups is 1. The Kier molecular flexibility index (Phi) is 7.56. The molecule has 0 aromatic heterocycles. The summed E-state index contributed by atoms with van der Waals surface area (Å²) < 4.78 is 0. The first-order valence-electron chi connectivity index (χ1n) is 11.7. The molecule has 2 N–H and O–H groups in total. The zero-order chi connectivity index (χ0) is 20.1. The topological polar surface area (TPSA) is 46.3 Å². The summed E-state index contributed by atoms with van der Waals surface area (Å²) in [4.78, 5) is 15.2. The van der Waals surface area contributed by atoms with Crippen LogP contribution >= 0.6 is 0 Å². The van der Waals surface area contributed by atoms with E-state index in [9.17, 15) is 4.79 Å². The van der Waals surface area contributed by atoms with Gasteiger partial charge in [-0.25, -0.2) is 0 Å². The van der Waals surface area contributed by atoms with Crippen LogP contribution in [0.25, 0.3) is 0 Å². The van der Waals surface area contributed by atoms with Crippen molar-refractivity contribution in [3.8, 4) is 0 Å². The van der Waals surface area contributed by atoms with Crippen molar-refractivity contribution in [2.45, 2.75) is 91.0 Å². The number of hydrogen-bond acceptors (Lipinski definition) is 2. The molecule has 3 rings (SSSR count). The molecule has 0 spiro atoms. The van der Waals surface area contributed by atoms with Crippen LogP contribution in [-0.4, -0.2) is 18.5 Å². The van der Waals surface area contributed by atoms with Crippen LogP contribution in [0.4, 0.5) is 5.69 Å². The monoisotopic (exact) mass is 384 g/mol. The largest absolute Gasteiger partial charge is 0.327 e. The van der Waals surface area contributed by atoms with Crippen LogP contribution in [0, 0.1) is 17.8 Å². The predicted octanol–water partition coefficient (Wildman–Crippen LogP) is 5.49. The molecule has 28 heavy (non-hydrogen) atoms. The number of unbranched alkanes of at least 4 members (excludes halogenated alkanes) is 1. The highest BCUT2D eigenvalue weighted by Crippen LogP contribution is 2.36. The Morgan fingerprint density at radius 2 is 1.96 bits per heavy atom. The zero-order valence-electron chi connectivity index (χ0n) is 18.3. The molecule has 1 fully saturated rings. The lowest BCUT2D eigenvalue weighted by molar-refractivity contribution is -0.123. The van der Waals surface area contributed by atoms with Crippen molar-refractivity contribution >= 4 is 11.6 Å². The second kappa shape index (κ2) is 9.91. The van der Waals surface area contributed by atoms with Crippen LogP contribution in [0.5, 0.6) is 0 Å². The van der Waals surface area contributed by atoms with Gasteiger partial charge in [0.25, 0.3) is 0 Å². The van der Waals surface area contributed by atoms with E-state index >= 15 is 0 Å². The van der Waals surface area contributed by atoms with Crippen molar-refractivity contribution in [3.63, 3.8) is 0 Å². The molecular weight excluding hydrogens is 344 g/mol. The van der Waals surface area contributed by atoms with E-state index in [2.05, 4.69) is 43.9 Å². The molecule has 0 bridgehead atoms. The lowest BCUT2D eigenvalue weighted by atomic mass is 9.79. The normalized spacial score (nSPS) is 23.1. The van der Waals surface area contributed by atoms with E-state index in [1.807, 2.05) is 0 Å². The predicted molar refractivity (Wildman–Crippen MR) is 119 cm³/mol. The van der Waals surface area contributed by atoms with E-state index in [4.69, 9.17) is 5.73 Å². The van der Waals surface area contributed by atoms with Gasteiger partial charge in [-0.15, -0.1) is 0 Å². The highest BCUT2D eigenvalue weighted by molar-refractivity contribution is 5.97. The van der Waals surface area contributed by atoms with Gasteiger partial charge in [0.1, 0.15) is 0 Å². The Balaban J connectivity index is 1.57. The van der Waals surface area contributed by atoms with E-state index in [1.54, 1.807) is 0 Å². The molecule has 1 aromatic rings. The number of anilines is 1. The van der Waals surface area contributed by atoms with Gasteiger partial charge in [-0.3, -0.25) is 4.79 Å². The molecule has 1 aliphatic carbocycles. The summed E-state index contributed by atoms with van der Waals surface area (Å²) in [7, 11) is 0. The average molecular weight is 385 g/mol. The molecule has 3 heteroatoms. The number of nitrogens with two attached hydrogens (primary N) is 1. The van der Waals surface area contributed by atoms with Gasteiger partial charge in [0.2, 0.25) is 5.91 Å². The van der Waals surface area contributed by atoms with Crippen molar-refractivity contribution in [1.29, 1.82) is 0 Å². The van der Waals surface area contributed by atoms with Crippen LogP contribution in [0.3, 0.4) is 0 Å². The van der Waals surface area contributed by atoms with E-state index in [0.717, 1.165) is 50.3 Å². The Hall–Kier alpha value is -1.35. The smallest absolute Gasteiger partial charge is 0.230 e. The third-order valence-electron chi connectivity index (χ3n) is 6.74. The minimum atomic E-state index is 0.222. The summed E-state index contributed by atoms with van der Waals surface area (Å²) in [6.07, 6.45) is 11.6. The number of amides is 1. The number of rotatable bonds is 8. The summed E-state index contributed by atoms with van der Waals surface area (Å²) in [5.74, 6) is 2.10. The maximum atomic E-state index is 13.2. The van der Waals surface area contributed by atoms with E-state index < -0.39 is 0 Å². The van der Waals surface area contributed by atoms with Gasteiger partial charge in [0.05, 0.1) is 0 Å². The average Bonchev–Trinajstić information content (AvgIpc) is 3.08. The summed E-state index contributed by atoms with van der Waals surface area (Å²) in [5.41, 5.74) is 10.1. The van der Waals surface area contributed by atoms with E-state index in [0.29, 0.717) is 11.8 Å². The van der Waals surface area contributed by atoms with Crippen molar-refractivity contribution in [2.24, 2.45) is 23.5 Å². The molecule has 1 atom stereocenters. The van der Waals surface area contributed by atoms with Gasteiger partial charge < -0.3 is 10.6 Å². The molecule has 3 nitrogen and oxygen atoms in total. The van der Waals surface area contributed by atoms with Gasteiger partial charge in [-0.1, -0.05) is 52.2 Å². The molecule has 0 radical (unpaired) electrons. The SMILES string of the molecule is CCCCC1CCC(C(=O)N2CCc3cc(CC(N)CC(C)C)ccc32)CC1.